The van der Waals surface area contributed by atoms with E-state index in [1.807, 2.05) is 84.9 Å². The maximum absolute atomic E-state index is 13.6. The van der Waals surface area contributed by atoms with Crippen LogP contribution in [0.5, 0.6) is 5.75 Å². The van der Waals surface area contributed by atoms with Crippen molar-refractivity contribution in [3.05, 3.63) is 118 Å². The molecular weight excluding hydrogens is 723 g/mol. The number of aromatic amines is 1. The van der Waals surface area contributed by atoms with Crippen LogP contribution < -0.4 is 15.6 Å². The second kappa shape index (κ2) is 22.3. The summed E-state index contributed by atoms with van der Waals surface area (Å²) in [5.74, 6) is 0.265. The number of unbranched alkanes of at least 4 members (excludes halogenated alkanes) is 8. The molecule has 0 atom stereocenters. The van der Waals surface area contributed by atoms with E-state index in [2.05, 4.69) is 29.1 Å². The number of H-pyrrole nitrogens is 1. The molecule has 12 heteroatoms. The summed E-state index contributed by atoms with van der Waals surface area (Å²) in [6.45, 7) is 4.02. The zero-order chi connectivity index (χ0) is 40.3. The molecule has 0 unspecified atom stereocenters. The third kappa shape index (κ3) is 12.0. The number of esters is 2. The predicted molar refractivity (Wildman–Crippen MR) is 221 cm³/mol. The van der Waals surface area contributed by atoms with E-state index < -0.39 is 17.2 Å². The third-order valence-electron chi connectivity index (χ3n) is 10.00. The molecule has 5 aromatic rings. The van der Waals surface area contributed by atoms with Crippen LogP contribution in [0.4, 0.5) is 5.95 Å². The maximum Gasteiger partial charge on any atom is 0.305 e. The van der Waals surface area contributed by atoms with E-state index in [1.54, 1.807) is 11.7 Å². The molecule has 0 aliphatic heterocycles. The van der Waals surface area contributed by atoms with Gasteiger partial charge in [0.25, 0.3) is 5.56 Å². The van der Waals surface area contributed by atoms with Crippen LogP contribution in [0.2, 0.25) is 0 Å². The number of nitrogens with one attached hydrogen (secondary N) is 2. The van der Waals surface area contributed by atoms with Crippen LogP contribution in [0, 0.1) is 0 Å². The van der Waals surface area contributed by atoms with Gasteiger partial charge in [0.15, 0.2) is 11.2 Å². The van der Waals surface area contributed by atoms with Gasteiger partial charge >= 0.3 is 11.9 Å². The lowest BCUT2D eigenvalue weighted by Gasteiger charge is -2.37. The van der Waals surface area contributed by atoms with Gasteiger partial charge < -0.3 is 24.3 Å². The number of methoxy groups -OCH3 is 1. The van der Waals surface area contributed by atoms with Crippen molar-refractivity contribution in [1.29, 1.82) is 0 Å². The van der Waals surface area contributed by atoms with Gasteiger partial charge in [-0.2, -0.15) is 4.98 Å². The second-order valence-electron chi connectivity index (χ2n) is 14.2. The summed E-state index contributed by atoms with van der Waals surface area (Å²) in [5.41, 5.74) is 1.67. The summed E-state index contributed by atoms with van der Waals surface area (Å²) in [6, 6.07) is 27.7. The molecule has 0 fully saturated rings. The van der Waals surface area contributed by atoms with Crippen molar-refractivity contribution in [3.63, 3.8) is 0 Å². The summed E-state index contributed by atoms with van der Waals surface area (Å²) in [5, 5.41) is 3.61. The lowest BCUT2D eigenvalue weighted by Crippen LogP contribution is -2.39. The lowest BCUT2D eigenvalue weighted by atomic mass is 9.77. The number of fused-ring (bicyclic) bond motifs is 1. The summed E-state index contributed by atoms with van der Waals surface area (Å²) >= 11 is 0. The van der Waals surface area contributed by atoms with E-state index in [0.29, 0.717) is 18.6 Å². The Hall–Kier alpha value is -5.49. The molecule has 0 spiro atoms. The number of carbonyl (C=O) groups is 2. The highest BCUT2D eigenvalue weighted by molar-refractivity contribution is 5.72. The number of hydrogen-bond acceptors (Lipinski definition) is 10. The topological polar surface area (TPSA) is 147 Å². The molecule has 0 aliphatic rings. The van der Waals surface area contributed by atoms with Crippen molar-refractivity contribution in [3.8, 4) is 5.75 Å². The van der Waals surface area contributed by atoms with E-state index in [1.165, 1.54) is 6.33 Å². The van der Waals surface area contributed by atoms with Crippen LogP contribution in [0.15, 0.2) is 96.1 Å². The zero-order valence-electron chi connectivity index (χ0n) is 33.5. The molecule has 0 bridgehead atoms. The van der Waals surface area contributed by atoms with E-state index >= 15 is 0 Å². The second-order valence-corrected chi connectivity index (χ2v) is 14.2. The van der Waals surface area contributed by atoms with Gasteiger partial charge in [0, 0.05) is 12.8 Å². The fraction of sp³-hybridized carbons (Fsp3) is 0.444. The molecule has 0 saturated carbocycles. The molecule has 0 radical (unpaired) electrons. The minimum absolute atomic E-state index is 0.0937. The van der Waals surface area contributed by atoms with Crippen LogP contribution in [0.25, 0.3) is 11.2 Å². The van der Waals surface area contributed by atoms with E-state index in [9.17, 15) is 14.4 Å². The molecule has 304 valence electrons. The van der Waals surface area contributed by atoms with Crippen molar-refractivity contribution < 1.29 is 28.5 Å². The van der Waals surface area contributed by atoms with Gasteiger partial charge in [-0.1, -0.05) is 138 Å². The van der Waals surface area contributed by atoms with Crippen molar-refractivity contribution in [2.24, 2.45) is 0 Å². The molecule has 3 aromatic carbocycles. The number of aromatic nitrogens is 4. The molecule has 0 saturated heterocycles. The molecule has 2 aromatic heterocycles. The number of nitrogens with zero attached hydrogens (tertiary/aromatic N) is 3. The lowest BCUT2D eigenvalue weighted by molar-refractivity contribution is -0.157. The van der Waals surface area contributed by atoms with Crippen molar-refractivity contribution in [2.45, 2.75) is 109 Å². The monoisotopic (exact) mass is 779 g/mol. The highest BCUT2D eigenvalue weighted by atomic mass is 16.6. The number of benzene rings is 3. The fourth-order valence-corrected chi connectivity index (χ4v) is 6.81. The Morgan fingerprint density at radius 1 is 0.737 bits per heavy atom. The minimum atomic E-state index is -0.995. The number of anilines is 1. The highest BCUT2D eigenvalue weighted by Gasteiger charge is 2.37. The molecule has 5 rings (SSSR count). The highest BCUT2D eigenvalue weighted by Crippen LogP contribution is 2.40. The number of hydrogen-bond donors (Lipinski definition) is 2. The largest absolute Gasteiger partial charge is 0.497 e. The standard InChI is InChI=1S/C45H57N5O7/c1-4-6-8-10-18-24-39(51)55-30-38(31-56-40(52)25-19-11-9-7-5-2)57-33-50-32-46-41-42(50)47-44(48-43(41)53)49-45(34-20-14-12-15-21-34,35-22-16-13-17-23-35)36-26-28-37(54-3)29-27-36/h12-17,20-23,26-29,32,38H,4-11,18-19,24-25,30-31,33H2,1-3H3,(H2,47,48,49,53). The quantitative estimate of drug-likeness (QED) is 0.0335. The van der Waals surface area contributed by atoms with E-state index in [-0.39, 0.29) is 49.0 Å². The molecule has 2 heterocycles. The summed E-state index contributed by atoms with van der Waals surface area (Å²) in [4.78, 5) is 51.0. The Morgan fingerprint density at radius 3 is 1.79 bits per heavy atom. The molecule has 0 amide bonds. The van der Waals surface area contributed by atoms with Crippen molar-refractivity contribution in [2.75, 3.05) is 25.6 Å². The number of carbonyl (C=O) groups excluding carboxylic acids is 2. The van der Waals surface area contributed by atoms with Crippen LogP contribution in [-0.4, -0.2) is 57.9 Å². The summed E-state index contributed by atoms with van der Waals surface area (Å²) < 4.78 is 24.5. The summed E-state index contributed by atoms with van der Waals surface area (Å²) in [7, 11) is 1.62. The van der Waals surface area contributed by atoms with Crippen molar-refractivity contribution >= 4 is 29.1 Å². The Morgan fingerprint density at radius 2 is 1.26 bits per heavy atom. The van der Waals surface area contributed by atoms with E-state index in [4.69, 9.17) is 23.9 Å². The Labute approximate surface area is 335 Å². The maximum atomic E-state index is 13.6. The average molecular weight is 780 g/mol. The number of rotatable bonds is 25. The SMILES string of the molecule is CCCCCCCC(=O)OCC(COC(=O)CCCCCCC)OCn1cnc2c(=O)[nH]c(NC(c3ccccc3)(c3ccccc3)c3ccc(OC)cc3)nc21. The molecule has 12 nitrogen and oxygen atoms in total. The summed E-state index contributed by atoms with van der Waals surface area (Å²) in [6.07, 6.45) is 11.5. The normalized spacial score (nSPS) is 11.5. The zero-order valence-corrected chi connectivity index (χ0v) is 33.5. The van der Waals surface area contributed by atoms with Gasteiger partial charge in [0.1, 0.15) is 37.3 Å². The smallest absolute Gasteiger partial charge is 0.305 e. The first kappa shape index (κ1) is 42.6. The van der Waals surface area contributed by atoms with Gasteiger partial charge in [-0.25, -0.2) is 4.98 Å². The van der Waals surface area contributed by atoms with Gasteiger partial charge in [0.2, 0.25) is 5.95 Å². The van der Waals surface area contributed by atoms with Gasteiger partial charge in [-0.15, -0.1) is 0 Å². The Balaban J connectivity index is 1.39. The minimum Gasteiger partial charge on any atom is -0.497 e. The van der Waals surface area contributed by atoms with Gasteiger partial charge in [0.05, 0.1) is 13.4 Å². The van der Waals surface area contributed by atoms with Crippen LogP contribution in [0.1, 0.15) is 108 Å². The van der Waals surface area contributed by atoms with Gasteiger partial charge in [-0.05, 0) is 41.7 Å². The first-order chi connectivity index (χ1) is 27.9. The molecular formula is C45H57N5O7. The van der Waals surface area contributed by atoms with Gasteiger partial charge in [-0.3, -0.25) is 23.9 Å². The van der Waals surface area contributed by atoms with E-state index in [0.717, 1.165) is 80.9 Å². The van der Waals surface area contributed by atoms with Crippen LogP contribution in [0.3, 0.4) is 0 Å². The average Bonchev–Trinajstić information content (AvgIpc) is 3.66. The number of ether oxygens (including phenoxy) is 4. The predicted octanol–water partition coefficient (Wildman–Crippen LogP) is 8.68. The van der Waals surface area contributed by atoms with Crippen LogP contribution >= 0.6 is 0 Å². The Kier molecular flexibility index (Phi) is 16.7. The third-order valence-corrected chi connectivity index (χ3v) is 10.00. The fourth-order valence-electron chi connectivity index (χ4n) is 6.81. The Bertz CT molecular complexity index is 1950. The first-order valence-corrected chi connectivity index (χ1v) is 20.3. The first-order valence-electron chi connectivity index (χ1n) is 20.3. The van der Waals surface area contributed by atoms with Crippen molar-refractivity contribution in [1.82, 2.24) is 19.5 Å². The number of imidazole rings is 1. The molecule has 0 aliphatic carbocycles. The molecule has 57 heavy (non-hydrogen) atoms. The van der Waals surface area contributed by atoms with Crippen LogP contribution in [-0.2, 0) is 36.1 Å². The molecule has 2 N–H and O–H groups in total.